The van der Waals surface area contributed by atoms with E-state index >= 15 is 0 Å². The van der Waals surface area contributed by atoms with E-state index in [1.165, 1.54) is 12.1 Å². The van der Waals surface area contributed by atoms with Crippen LogP contribution in [0.25, 0.3) is 0 Å². The second kappa shape index (κ2) is 6.07. The number of carbonyl (C=O) groups is 1. The van der Waals surface area contributed by atoms with Gasteiger partial charge in [0.25, 0.3) is 0 Å². The fraction of sp³-hybridized carbons (Fsp3) is 0.364. The predicted octanol–water partition coefficient (Wildman–Crippen LogP) is 3.80. The van der Waals surface area contributed by atoms with E-state index in [9.17, 15) is 9.18 Å². The molecule has 0 amide bonds. The lowest BCUT2D eigenvalue weighted by Gasteiger charge is -2.15. The van der Waals surface area contributed by atoms with E-state index in [1.54, 1.807) is 0 Å². The van der Waals surface area contributed by atoms with E-state index in [0.717, 1.165) is 0 Å². The van der Waals surface area contributed by atoms with Crippen molar-refractivity contribution in [3.63, 3.8) is 0 Å². The lowest BCUT2D eigenvalue weighted by molar-refractivity contribution is -0.138. The summed E-state index contributed by atoms with van der Waals surface area (Å²) in [6.45, 7) is 1.88. The second-order valence-electron chi connectivity index (χ2n) is 3.58. The molecule has 3 nitrogen and oxygen atoms in total. The van der Waals surface area contributed by atoms with Crippen molar-refractivity contribution in [3.8, 4) is 0 Å². The molecule has 1 aromatic rings. The Morgan fingerprint density at radius 2 is 2.00 bits per heavy atom. The van der Waals surface area contributed by atoms with Crippen LogP contribution in [0.1, 0.15) is 19.8 Å². The molecule has 0 fully saturated rings. The molecule has 1 unspecified atom stereocenters. The molecule has 0 aliphatic rings. The molecular weight excluding hydrogens is 268 g/mol. The minimum absolute atomic E-state index is 0.138. The van der Waals surface area contributed by atoms with Gasteiger partial charge in [0, 0.05) is 5.69 Å². The number of rotatable bonds is 5. The van der Waals surface area contributed by atoms with E-state index in [4.69, 9.17) is 28.3 Å². The summed E-state index contributed by atoms with van der Waals surface area (Å²) >= 11 is 11.2. The molecule has 1 rings (SSSR count). The van der Waals surface area contributed by atoms with Gasteiger partial charge >= 0.3 is 5.97 Å². The van der Waals surface area contributed by atoms with E-state index in [2.05, 4.69) is 5.32 Å². The van der Waals surface area contributed by atoms with Gasteiger partial charge in [-0.1, -0.05) is 36.5 Å². The number of nitrogens with one attached hydrogen (secondary N) is 1. The van der Waals surface area contributed by atoms with Crippen LogP contribution in [0.15, 0.2) is 12.1 Å². The summed E-state index contributed by atoms with van der Waals surface area (Å²) in [7, 11) is 0. The van der Waals surface area contributed by atoms with Crippen molar-refractivity contribution in [3.05, 3.63) is 28.0 Å². The first-order chi connectivity index (χ1) is 7.95. The fourth-order valence-corrected chi connectivity index (χ4v) is 1.87. The molecule has 0 spiro atoms. The number of hydrogen-bond acceptors (Lipinski definition) is 2. The van der Waals surface area contributed by atoms with Gasteiger partial charge in [-0.25, -0.2) is 9.18 Å². The van der Waals surface area contributed by atoms with Crippen LogP contribution in [-0.2, 0) is 4.79 Å². The molecule has 0 saturated carbocycles. The van der Waals surface area contributed by atoms with Crippen LogP contribution in [0.3, 0.4) is 0 Å². The Balaban J connectivity index is 2.90. The molecule has 0 aromatic heterocycles. The quantitative estimate of drug-likeness (QED) is 0.806. The number of carboxylic acids is 1. The Hall–Kier alpha value is -1.00. The Morgan fingerprint density at radius 1 is 1.47 bits per heavy atom. The van der Waals surface area contributed by atoms with Crippen molar-refractivity contribution in [1.29, 1.82) is 0 Å². The van der Waals surface area contributed by atoms with Gasteiger partial charge in [0.15, 0.2) is 5.82 Å². The predicted molar refractivity (Wildman–Crippen MR) is 66.4 cm³/mol. The molecule has 94 valence electrons. The summed E-state index contributed by atoms with van der Waals surface area (Å²) in [5.41, 5.74) is 0.391. The third-order valence-electron chi connectivity index (χ3n) is 2.20. The highest BCUT2D eigenvalue weighted by Crippen LogP contribution is 2.27. The van der Waals surface area contributed by atoms with E-state index in [0.29, 0.717) is 18.5 Å². The third kappa shape index (κ3) is 3.75. The van der Waals surface area contributed by atoms with Crippen LogP contribution in [0.2, 0.25) is 10.0 Å². The highest BCUT2D eigenvalue weighted by Gasteiger charge is 2.17. The van der Waals surface area contributed by atoms with Gasteiger partial charge in [-0.15, -0.1) is 0 Å². The zero-order valence-electron chi connectivity index (χ0n) is 9.14. The van der Waals surface area contributed by atoms with E-state index in [-0.39, 0.29) is 10.0 Å². The molecular formula is C11H12Cl2FNO2. The van der Waals surface area contributed by atoms with Crippen molar-refractivity contribution in [2.45, 2.75) is 25.8 Å². The number of hydrogen-bond donors (Lipinski definition) is 2. The highest BCUT2D eigenvalue weighted by atomic mass is 35.5. The lowest BCUT2D eigenvalue weighted by Crippen LogP contribution is -2.28. The van der Waals surface area contributed by atoms with Gasteiger partial charge in [-0.2, -0.15) is 0 Å². The number of aliphatic carboxylic acids is 1. The van der Waals surface area contributed by atoms with Gasteiger partial charge < -0.3 is 10.4 Å². The average Bonchev–Trinajstić information content (AvgIpc) is 2.25. The molecule has 1 atom stereocenters. The Bertz CT molecular complexity index is 403. The van der Waals surface area contributed by atoms with Crippen molar-refractivity contribution < 1.29 is 14.3 Å². The number of carboxylic acid groups (broad SMARTS) is 1. The summed E-state index contributed by atoms with van der Waals surface area (Å²) in [5.74, 6) is -1.68. The largest absolute Gasteiger partial charge is 0.480 e. The summed E-state index contributed by atoms with van der Waals surface area (Å²) in [6, 6.07) is 1.89. The molecule has 17 heavy (non-hydrogen) atoms. The molecule has 6 heteroatoms. The topological polar surface area (TPSA) is 49.3 Å². The monoisotopic (exact) mass is 279 g/mol. The molecule has 1 aromatic carbocycles. The molecule has 0 bridgehead atoms. The molecule has 0 saturated heterocycles. The van der Waals surface area contributed by atoms with Gasteiger partial charge in [-0.3, -0.25) is 0 Å². The SMILES string of the molecule is CCCC(Nc1cc(Cl)c(F)c(Cl)c1)C(=O)O. The maximum absolute atomic E-state index is 13.1. The molecule has 0 radical (unpaired) electrons. The summed E-state index contributed by atoms with van der Waals surface area (Å²) in [5, 5.41) is 11.4. The first-order valence-corrected chi connectivity index (χ1v) is 5.85. The number of benzene rings is 1. The molecule has 0 aliphatic carbocycles. The van der Waals surface area contributed by atoms with E-state index in [1.807, 2.05) is 6.92 Å². The summed E-state index contributed by atoms with van der Waals surface area (Å²) in [6.07, 6.45) is 1.18. The first-order valence-electron chi connectivity index (χ1n) is 5.09. The van der Waals surface area contributed by atoms with Crippen LogP contribution >= 0.6 is 23.2 Å². The number of halogens is 3. The highest BCUT2D eigenvalue weighted by molar-refractivity contribution is 6.35. The Labute approximate surface area is 109 Å². The van der Waals surface area contributed by atoms with Crippen LogP contribution in [0, 0.1) is 5.82 Å². The molecule has 0 heterocycles. The van der Waals surface area contributed by atoms with Crippen molar-refractivity contribution in [2.75, 3.05) is 5.32 Å². The maximum atomic E-state index is 13.1. The summed E-state index contributed by atoms with van der Waals surface area (Å²) in [4.78, 5) is 10.9. The maximum Gasteiger partial charge on any atom is 0.326 e. The Morgan fingerprint density at radius 3 is 2.41 bits per heavy atom. The fourth-order valence-electron chi connectivity index (χ4n) is 1.39. The van der Waals surface area contributed by atoms with Crippen LogP contribution in [0.5, 0.6) is 0 Å². The molecule has 2 N–H and O–H groups in total. The molecule has 0 aliphatic heterocycles. The van der Waals surface area contributed by atoms with Crippen LogP contribution < -0.4 is 5.32 Å². The lowest BCUT2D eigenvalue weighted by atomic mass is 10.1. The van der Waals surface area contributed by atoms with Gasteiger partial charge in [-0.05, 0) is 18.6 Å². The number of anilines is 1. The Kier molecular flexibility index (Phi) is 5.02. The average molecular weight is 280 g/mol. The van der Waals surface area contributed by atoms with Crippen molar-refractivity contribution >= 4 is 34.9 Å². The minimum Gasteiger partial charge on any atom is -0.480 e. The van der Waals surface area contributed by atoms with E-state index < -0.39 is 17.8 Å². The van der Waals surface area contributed by atoms with Crippen LogP contribution in [-0.4, -0.2) is 17.1 Å². The first kappa shape index (κ1) is 14.1. The van der Waals surface area contributed by atoms with Gasteiger partial charge in [0.2, 0.25) is 0 Å². The third-order valence-corrected chi connectivity index (χ3v) is 2.75. The zero-order valence-corrected chi connectivity index (χ0v) is 10.6. The van der Waals surface area contributed by atoms with Gasteiger partial charge in [0.05, 0.1) is 10.0 Å². The van der Waals surface area contributed by atoms with Crippen molar-refractivity contribution in [2.24, 2.45) is 0 Å². The zero-order chi connectivity index (χ0) is 13.0. The summed E-state index contributed by atoms with van der Waals surface area (Å²) < 4.78 is 13.1. The van der Waals surface area contributed by atoms with Gasteiger partial charge in [0.1, 0.15) is 6.04 Å². The minimum atomic E-state index is -0.969. The van der Waals surface area contributed by atoms with Crippen LogP contribution in [0.4, 0.5) is 10.1 Å². The second-order valence-corrected chi connectivity index (χ2v) is 4.39. The normalized spacial score (nSPS) is 12.2. The standard InChI is InChI=1S/C11H12Cl2FNO2/c1-2-3-9(11(16)17)15-6-4-7(12)10(14)8(13)5-6/h4-5,9,15H,2-3H2,1H3,(H,16,17). The smallest absolute Gasteiger partial charge is 0.326 e. The van der Waals surface area contributed by atoms with Crippen molar-refractivity contribution in [1.82, 2.24) is 0 Å².